The van der Waals surface area contributed by atoms with E-state index in [0.717, 1.165) is 17.8 Å². The zero-order chi connectivity index (χ0) is 22.7. The molecular weight excluding hydrogens is 445 g/mol. The number of hydrogen-bond acceptors (Lipinski definition) is 7. The number of halogens is 3. The highest BCUT2D eigenvalue weighted by molar-refractivity contribution is 7.84. The van der Waals surface area contributed by atoms with Crippen LogP contribution in [0.3, 0.4) is 0 Å². The predicted octanol–water partition coefficient (Wildman–Crippen LogP) is 4.56. The van der Waals surface area contributed by atoms with Crippen LogP contribution >= 0.6 is 0 Å². The van der Waals surface area contributed by atoms with Gasteiger partial charge in [-0.15, -0.1) is 10.7 Å². The molecule has 0 spiro atoms. The molecule has 1 aliphatic rings. The number of anilines is 2. The standard InChI is InChI=1S/C21H19F3N4O3S/c1-32(25)10-12-6-13-8-14(7-12)30-5-4-29-11-31-20-15(2-3-16(22)18(20)24)19-17(23)9-26-21(27-13)28-19/h2-3,6-9,25H,4-5,10-11H2,1H3,(H,26,27,28). The second kappa shape index (κ2) is 9.53. The van der Waals surface area contributed by atoms with Crippen molar-refractivity contribution in [1.82, 2.24) is 9.97 Å². The quantitative estimate of drug-likeness (QED) is 0.578. The molecule has 32 heavy (non-hydrogen) atoms. The summed E-state index contributed by atoms with van der Waals surface area (Å²) in [7, 11) is -0.589. The summed E-state index contributed by atoms with van der Waals surface area (Å²) in [6, 6.07) is 7.40. The number of fused-ring (bicyclic) bond motifs is 6. The molecule has 0 saturated heterocycles. The van der Waals surface area contributed by atoms with Gasteiger partial charge in [0.15, 0.2) is 24.2 Å². The summed E-state index contributed by atoms with van der Waals surface area (Å²) >= 11 is 0. The van der Waals surface area contributed by atoms with Crippen molar-refractivity contribution < 1.29 is 27.4 Å². The van der Waals surface area contributed by atoms with E-state index in [1.807, 2.05) is 12.1 Å². The number of nitrogens with one attached hydrogen (secondary N) is 2. The first kappa shape index (κ1) is 22.0. The van der Waals surface area contributed by atoms with Gasteiger partial charge in [0, 0.05) is 23.1 Å². The summed E-state index contributed by atoms with van der Waals surface area (Å²) in [4.78, 5) is 8.10. The maximum Gasteiger partial charge on any atom is 0.227 e. The van der Waals surface area contributed by atoms with E-state index in [4.69, 9.17) is 19.0 Å². The topological polar surface area (TPSA) is 89.4 Å². The zero-order valence-corrected chi connectivity index (χ0v) is 17.8. The van der Waals surface area contributed by atoms with E-state index >= 15 is 0 Å². The van der Waals surface area contributed by atoms with Gasteiger partial charge in [0.2, 0.25) is 11.8 Å². The average Bonchev–Trinajstić information content (AvgIpc) is 2.74. The lowest BCUT2D eigenvalue weighted by molar-refractivity contribution is 0.000621. The van der Waals surface area contributed by atoms with Crippen LogP contribution in [0.1, 0.15) is 5.56 Å². The Balaban J connectivity index is 1.81. The molecule has 0 saturated carbocycles. The Kier molecular flexibility index (Phi) is 6.56. The first-order chi connectivity index (χ1) is 15.4. The summed E-state index contributed by atoms with van der Waals surface area (Å²) < 4.78 is 67.0. The van der Waals surface area contributed by atoms with Crippen LogP contribution in [0.5, 0.6) is 11.5 Å². The van der Waals surface area contributed by atoms with Crippen molar-refractivity contribution in [1.29, 1.82) is 4.78 Å². The molecule has 2 N–H and O–H groups in total. The van der Waals surface area contributed by atoms with E-state index in [9.17, 15) is 13.2 Å². The third kappa shape index (κ3) is 5.00. The monoisotopic (exact) mass is 464 g/mol. The average molecular weight is 464 g/mol. The fourth-order valence-electron chi connectivity index (χ4n) is 3.13. The molecule has 11 heteroatoms. The molecule has 0 fully saturated rings. The largest absolute Gasteiger partial charge is 0.491 e. The van der Waals surface area contributed by atoms with E-state index in [1.54, 1.807) is 12.3 Å². The van der Waals surface area contributed by atoms with Crippen molar-refractivity contribution in [2.75, 3.05) is 31.6 Å². The molecule has 0 amide bonds. The zero-order valence-electron chi connectivity index (χ0n) is 17.0. The normalized spacial score (nSPS) is 14.6. The molecule has 1 unspecified atom stereocenters. The van der Waals surface area contributed by atoms with Gasteiger partial charge in [0.05, 0.1) is 12.8 Å². The summed E-state index contributed by atoms with van der Waals surface area (Å²) in [5.41, 5.74) is 1.09. The summed E-state index contributed by atoms with van der Waals surface area (Å²) in [5, 5.41) is 2.98. The number of aromatic nitrogens is 2. The molecule has 4 rings (SSSR count). The maximum absolute atomic E-state index is 14.6. The Morgan fingerprint density at radius 1 is 1.09 bits per heavy atom. The molecule has 7 nitrogen and oxygen atoms in total. The van der Waals surface area contributed by atoms with Crippen molar-refractivity contribution in [3.05, 3.63) is 59.5 Å². The SMILES string of the molecule is CS(=N)Cc1cc2cc(c1)OCCOCOc1c(ccc(F)c1F)-c1nc(ncc1F)N2. The lowest BCUT2D eigenvalue weighted by Gasteiger charge is -2.14. The molecule has 168 valence electrons. The second-order valence-electron chi connectivity index (χ2n) is 6.92. The Morgan fingerprint density at radius 2 is 1.94 bits per heavy atom. The fourth-order valence-corrected chi connectivity index (χ4v) is 3.80. The minimum absolute atomic E-state index is 0.0349. The lowest BCUT2D eigenvalue weighted by Crippen LogP contribution is -2.12. The third-order valence-corrected chi connectivity index (χ3v) is 5.20. The summed E-state index contributed by atoms with van der Waals surface area (Å²) in [6.45, 7) is -0.128. The second-order valence-corrected chi connectivity index (χ2v) is 8.48. The van der Waals surface area contributed by atoms with Gasteiger partial charge < -0.3 is 19.5 Å². The minimum atomic E-state index is -1.28. The van der Waals surface area contributed by atoms with Crippen LogP contribution in [0.4, 0.5) is 24.8 Å². The number of hydrogen-bond donors (Lipinski definition) is 2. The number of ether oxygens (including phenoxy) is 3. The van der Waals surface area contributed by atoms with Crippen LogP contribution in [-0.4, -0.2) is 36.2 Å². The summed E-state index contributed by atoms with van der Waals surface area (Å²) in [5.74, 6) is -2.69. The van der Waals surface area contributed by atoms with E-state index in [0.29, 0.717) is 17.2 Å². The Bertz CT molecular complexity index is 1180. The first-order valence-electron chi connectivity index (χ1n) is 9.49. The van der Waals surface area contributed by atoms with Crippen LogP contribution in [-0.2, 0) is 21.2 Å². The Morgan fingerprint density at radius 3 is 2.75 bits per heavy atom. The van der Waals surface area contributed by atoms with Gasteiger partial charge in [-0.1, -0.05) is 0 Å². The van der Waals surface area contributed by atoms with Crippen molar-refractivity contribution in [2.24, 2.45) is 0 Å². The van der Waals surface area contributed by atoms with Crippen LogP contribution < -0.4 is 14.8 Å². The van der Waals surface area contributed by atoms with E-state index in [-0.39, 0.29) is 30.4 Å². The van der Waals surface area contributed by atoms with Crippen molar-refractivity contribution in [2.45, 2.75) is 5.75 Å². The molecule has 2 aromatic carbocycles. The lowest BCUT2D eigenvalue weighted by atomic mass is 10.1. The van der Waals surface area contributed by atoms with Crippen molar-refractivity contribution in [3.8, 4) is 22.8 Å². The van der Waals surface area contributed by atoms with E-state index in [2.05, 4.69) is 15.3 Å². The van der Waals surface area contributed by atoms with Gasteiger partial charge in [-0.05, 0) is 36.1 Å². The molecular formula is C21H19F3N4O3S. The van der Waals surface area contributed by atoms with Crippen LogP contribution in [0.2, 0.25) is 0 Å². The smallest absolute Gasteiger partial charge is 0.227 e. The molecule has 0 radical (unpaired) electrons. The number of benzene rings is 2. The van der Waals surface area contributed by atoms with Crippen LogP contribution in [0, 0.1) is 22.2 Å². The van der Waals surface area contributed by atoms with Crippen LogP contribution in [0.15, 0.2) is 36.5 Å². The van der Waals surface area contributed by atoms with Gasteiger partial charge >= 0.3 is 0 Å². The number of nitrogens with zero attached hydrogens (tertiary/aromatic N) is 2. The predicted molar refractivity (Wildman–Crippen MR) is 114 cm³/mol. The molecule has 2 heterocycles. The third-order valence-electron chi connectivity index (χ3n) is 4.44. The molecule has 4 bridgehead atoms. The molecule has 1 atom stereocenters. The highest BCUT2D eigenvalue weighted by Crippen LogP contribution is 2.35. The van der Waals surface area contributed by atoms with Gasteiger partial charge in [-0.2, -0.15) is 4.39 Å². The molecule has 3 aromatic rings. The van der Waals surface area contributed by atoms with E-state index < -0.39 is 40.7 Å². The maximum atomic E-state index is 14.6. The Hall–Kier alpha value is -3.18. The molecule has 0 aliphatic carbocycles. The van der Waals surface area contributed by atoms with Gasteiger partial charge in [-0.25, -0.2) is 18.7 Å². The van der Waals surface area contributed by atoms with Crippen LogP contribution in [0.25, 0.3) is 11.3 Å². The fraction of sp³-hybridized carbons (Fsp3) is 0.238. The highest BCUT2D eigenvalue weighted by atomic mass is 32.2. The van der Waals surface area contributed by atoms with Crippen molar-refractivity contribution >= 4 is 22.3 Å². The minimum Gasteiger partial charge on any atom is -0.491 e. The van der Waals surface area contributed by atoms with Gasteiger partial charge in [0.1, 0.15) is 18.1 Å². The summed E-state index contributed by atoms with van der Waals surface area (Å²) in [6.07, 6.45) is 2.73. The van der Waals surface area contributed by atoms with Gasteiger partial charge in [-0.3, -0.25) is 4.78 Å². The number of rotatable bonds is 2. The molecule has 1 aromatic heterocycles. The van der Waals surface area contributed by atoms with Gasteiger partial charge in [0.25, 0.3) is 0 Å². The van der Waals surface area contributed by atoms with E-state index in [1.165, 1.54) is 6.07 Å². The Labute approximate surface area is 184 Å². The first-order valence-corrected chi connectivity index (χ1v) is 11.3. The molecule has 1 aliphatic heterocycles. The van der Waals surface area contributed by atoms with Crippen molar-refractivity contribution in [3.63, 3.8) is 0 Å². The highest BCUT2D eigenvalue weighted by Gasteiger charge is 2.21.